The average molecular weight is 327 g/mol. The van der Waals surface area contributed by atoms with E-state index >= 15 is 0 Å². The summed E-state index contributed by atoms with van der Waals surface area (Å²) in [4.78, 5) is 10.8. The van der Waals surface area contributed by atoms with Gasteiger partial charge in [-0.25, -0.2) is 9.97 Å². The lowest BCUT2D eigenvalue weighted by Gasteiger charge is -2.45. The minimum absolute atomic E-state index is 0.329. The monoisotopic (exact) mass is 327 g/mol. The fraction of sp³-hybridized carbons (Fsp3) is 0.444. The Kier molecular flexibility index (Phi) is 3.76. The van der Waals surface area contributed by atoms with Crippen molar-refractivity contribution >= 4 is 5.95 Å². The van der Waals surface area contributed by atoms with Crippen molar-refractivity contribution in [1.82, 2.24) is 9.97 Å². The number of hydrogen-bond acceptors (Lipinski definition) is 6. The van der Waals surface area contributed by atoms with Crippen LogP contribution in [0.4, 0.5) is 5.95 Å². The number of aliphatic hydroxyl groups excluding tert-OH is 1. The van der Waals surface area contributed by atoms with Crippen LogP contribution in [0.1, 0.15) is 30.9 Å². The third-order valence-corrected chi connectivity index (χ3v) is 4.98. The molecule has 1 spiro atoms. The highest BCUT2D eigenvalue weighted by Gasteiger charge is 2.43. The molecule has 1 aromatic heterocycles. The summed E-state index contributed by atoms with van der Waals surface area (Å²) < 4.78 is 11.6. The molecule has 1 atom stereocenters. The van der Waals surface area contributed by atoms with Crippen LogP contribution in [-0.2, 0) is 0 Å². The van der Waals surface area contributed by atoms with Crippen LogP contribution in [0.15, 0.2) is 36.7 Å². The number of hydrogen-bond donors (Lipinski definition) is 1. The quantitative estimate of drug-likeness (QED) is 0.913. The highest BCUT2D eigenvalue weighted by Crippen LogP contribution is 2.45. The molecule has 2 aliphatic rings. The second-order valence-electron chi connectivity index (χ2n) is 6.44. The van der Waals surface area contributed by atoms with E-state index in [-0.39, 0.29) is 5.60 Å². The molecule has 0 saturated carbocycles. The molecule has 126 valence electrons. The first-order valence-corrected chi connectivity index (χ1v) is 8.26. The van der Waals surface area contributed by atoms with Crippen molar-refractivity contribution in [1.29, 1.82) is 0 Å². The largest absolute Gasteiger partial charge is 0.497 e. The third kappa shape index (κ3) is 2.67. The normalized spacial score (nSPS) is 21.9. The first kappa shape index (κ1) is 15.2. The van der Waals surface area contributed by atoms with Crippen molar-refractivity contribution in [2.75, 3.05) is 25.1 Å². The highest BCUT2D eigenvalue weighted by atomic mass is 16.5. The van der Waals surface area contributed by atoms with Gasteiger partial charge >= 0.3 is 0 Å². The molecule has 0 bridgehead atoms. The first-order valence-electron chi connectivity index (χ1n) is 8.26. The van der Waals surface area contributed by atoms with Gasteiger partial charge in [0.05, 0.1) is 13.2 Å². The van der Waals surface area contributed by atoms with Crippen LogP contribution in [0.5, 0.6) is 11.5 Å². The second kappa shape index (κ2) is 5.94. The zero-order valence-electron chi connectivity index (χ0n) is 13.7. The minimum Gasteiger partial charge on any atom is -0.497 e. The van der Waals surface area contributed by atoms with E-state index in [1.807, 2.05) is 24.3 Å². The van der Waals surface area contributed by atoms with E-state index in [0.717, 1.165) is 48.9 Å². The number of rotatable bonds is 2. The molecule has 3 heterocycles. The van der Waals surface area contributed by atoms with Gasteiger partial charge in [-0.05, 0) is 18.2 Å². The zero-order valence-corrected chi connectivity index (χ0v) is 13.7. The summed E-state index contributed by atoms with van der Waals surface area (Å²) in [7, 11) is 1.63. The average Bonchev–Trinajstić information content (AvgIpc) is 2.62. The Morgan fingerprint density at radius 2 is 2.00 bits per heavy atom. The van der Waals surface area contributed by atoms with Crippen molar-refractivity contribution in [3.05, 3.63) is 42.2 Å². The maximum atomic E-state index is 10.6. The van der Waals surface area contributed by atoms with Gasteiger partial charge in [0.25, 0.3) is 0 Å². The predicted octanol–water partition coefficient (Wildman–Crippen LogP) is 2.34. The minimum atomic E-state index is -0.501. The summed E-state index contributed by atoms with van der Waals surface area (Å²) in [6.07, 6.45) is 5.30. The Morgan fingerprint density at radius 3 is 2.71 bits per heavy atom. The molecule has 1 saturated heterocycles. The van der Waals surface area contributed by atoms with Crippen LogP contribution in [0.25, 0.3) is 0 Å². The van der Waals surface area contributed by atoms with Crippen molar-refractivity contribution in [2.45, 2.75) is 31.0 Å². The summed E-state index contributed by atoms with van der Waals surface area (Å²) >= 11 is 0. The number of fused-ring (bicyclic) bond motifs is 1. The SMILES string of the molecule is COc1ccc2c(c1)OC1(CCN(c3ncccn3)CC1)CC2O. The molecule has 6 nitrogen and oxygen atoms in total. The summed E-state index contributed by atoms with van der Waals surface area (Å²) in [5.41, 5.74) is 0.514. The molecule has 4 rings (SSSR count). The van der Waals surface area contributed by atoms with Gasteiger partial charge in [-0.1, -0.05) is 0 Å². The molecule has 0 radical (unpaired) electrons. The van der Waals surface area contributed by atoms with E-state index in [1.54, 1.807) is 19.5 Å². The standard InChI is InChI=1S/C18H21N3O3/c1-23-13-3-4-14-15(22)12-18(24-16(14)11-13)5-9-21(10-6-18)17-19-7-2-8-20-17/h2-4,7-8,11,15,22H,5-6,9-10,12H2,1H3. The van der Waals surface area contributed by atoms with Gasteiger partial charge in [-0.15, -0.1) is 0 Å². The number of anilines is 1. The zero-order chi connectivity index (χ0) is 16.6. The van der Waals surface area contributed by atoms with Crippen molar-refractivity contribution in [2.24, 2.45) is 0 Å². The molecule has 1 aromatic carbocycles. The molecular formula is C18H21N3O3. The summed E-state index contributed by atoms with van der Waals surface area (Å²) in [6, 6.07) is 7.43. The molecule has 24 heavy (non-hydrogen) atoms. The van der Waals surface area contributed by atoms with E-state index in [1.165, 1.54) is 0 Å². The van der Waals surface area contributed by atoms with Gasteiger partial charge in [0.15, 0.2) is 0 Å². The Balaban J connectivity index is 1.53. The van der Waals surface area contributed by atoms with E-state index in [0.29, 0.717) is 6.42 Å². The number of aromatic nitrogens is 2. The number of benzene rings is 1. The van der Waals surface area contributed by atoms with Crippen LogP contribution >= 0.6 is 0 Å². The number of aliphatic hydroxyl groups is 1. The topological polar surface area (TPSA) is 67.7 Å². The Bertz CT molecular complexity index is 715. The summed E-state index contributed by atoms with van der Waals surface area (Å²) in [5.74, 6) is 2.23. The van der Waals surface area contributed by atoms with Crippen molar-refractivity contribution in [3.63, 3.8) is 0 Å². The van der Waals surface area contributed by atoms with E-state index in [2.05, 4.69) is 14.9 Å². The molecule has 1 N–H and O–H groups in total. The number of piperidine rings is 1. The fourth-order valence-electron chi connectivity index (χ4n) is 3.62. The highest BCUT2D eigenvalue weighted by molar-refractivity contribution is 5.44. The van der Waals surface area contributed by atoms with Crippen LogP contribution in [0.2, 0.25) is 0 Å². The molecule has 1 fully saturated rings. The van der Waals surface area contributed by atoms with Gasteiger partial charge in [-0.2, -0.15) is 0 Å². The number of ether oxygens (including phenoxy) is 2. The Labute approximate surface area is 141 Å². The molecule has 0 amide bonds. The van der Waals surface area contributed by atoms with Crippen LogP contribution in [0.3, 0.4) is 0 Å². The Hall–Kier alpha value is -2.34. The molecule has 2 aliphatic heterocycles. The predicted molar refractivity (Wildman–Crippen MR) is 89.4 cm³/mol. The Morgan fingerprint density at radius 1 is 1.25 bits per heavy atom. The van der Waals surface area contributed by atoms with E-state index < -0.39 is 6.10 Å². The van der Waals surface area contributed by atoms with Gasteiger partial charge in [0.1, 0.15) is 17.1 Å². The van der Waals surface area contributed by atoms with E-state index in [9.17, 15) is 5.11 Å². The van der Waals surface area contributed by atoms with Crippen LogP contribution in [-0.4, -0.2) is 40.9 Å². The molecule has 1 unspecified atom stereocenters. The summed E-state index contributed by atoms with van der Waals surface area (Å²) in [5, 5.41) is 10.6. The molecular weight excluding hydrogens is 306 g/mol. The van der Waals surface area contributed by atoms with Crippen molar-refractivity contribution in [3.8, 4) is 11.5 Å². The van der Waals surface area contributed by atoms with Gasteiger partial charge in [-0.3, -0.25) is 0 Å². The van der Waals surface area contributed by atoms with Gasteiger partial charge in [0.2, 0.25) is 5.95 Å². The second-order valence-corrected chi connectivity index (χ2v) is 6.44. The number of nitrogens with zero attached hydrogens (tertiary/aromatic N) is 3. The molecule has 0 aliphatic carbocycles. The lowest BCUT2D eigenvalue weighted by atomic mass is 9.81. The van der Waals surface area contributed by atoms with E-state index in [4.69, 9.17) is 9.47 Å². The van der Waals surface area contributed by atoms with Crippen molar-refractivity contribution < 1.29 is 14.6 Å². The van der Waals surface area contributed by atoms with Gasteiger partial charge < -0.3 is 19.5 Å². The molecule has 2 aromatic rings. The molecule has 6 heteroatoms. The van der Waals surface area contributed by atoms with Crippen LogP contribution < -0.4 is 14.4 Å². The number of methoxy groups -OCH3 is 1. The van der Waals surface area contributed by atoms with Crippen LogP contribution in [0, 0.1) is 0 Å². The smallest absolute Gasteiger partial charge is 0.225 e. The maximum Gasteiger partial charge on any atom is 0.225 e. The fourth-order valence-corrected chi connectivity index (χ4v) is 3.62. The summed E-state index contributed by atoms with van der Waals surface area (Å²) in [6.45, 7) is 1.63. The third-order valence-electron chi connectivity index (χ3n) is 4.98. The lowest BCUT2D eigenvalue weighted by Crippen LogP contribution is -2.50. The lowest BCUT2D eigenvalue weighted by molar-refractivity contribution is -0.0302. The maximum absolute atomic E-state index is 10.6. The first-order chi connectivity index (χ1) is 11.7. The van der Waals surface area contributed by atoms with Gasteiger partial charge in [0, 0.05) is 56.4 Å².